The molecule has 0 saturated carbocycles. The molecule has 144 valence electrons. The molecule has 2 amide bonds. The zero-order valence-electron chi connectivity index (χ0n) is 15.8. The van der Waals surface area contributed by atoms with Crippen LogP contribution in [0.15, 0.2) is 54.6 Å². The van der Waals surface area contributed by atoms with E-state index in [9.17, 15) is 9.59 Å². The van der Waals surface area contributed by atoms with Gasteiger partial charge in [-0.2, -0.15) is 0 Å². The summed E-state index contributed by atoms with van der Waals surface area (Å²) in [5, 5.41) is 7.09. The van der Waals surface area contributed by atoms with Crippen molar-refractivity contribution in [1.29, 1.82) is 0 Å². The Labute approximate surface area is 169 Å². The number of benzene rings is 2. The molecule has 1 heterocycles. The molecule has 3 rings (SSSR count). The SMILES string of the molecule is CC(C)C(=O)NCCNC(=O)c1cc(-c2ccc(Cl)cc2)nc2ccccc12. The number of amides is 2. The Morgan fingerprint density at radius 3 is 2.39 bits per heavy atom. The molecule has 0 spiro atoms. The first-order valence-corrected chi connectivity index (χ1v) is 9.55. The van der Waals surface area contributed by atoms with Crippen LogP contribution in [-0.4, -0.2) is 29.9 Å². The maximum absolute atomic E-state index is 12.8. The summed E-state index contributed by atoms with van der Waals surface area (Å²) in [5.41, 5.74) is 2.88. The van der Waals surface area contributed by atoms with Crippen LogP contribution in [0.4, 0.5) is 0 Å². The number of hydrogen-bond donors (Lipinski definition) is 2. The highest BCUT2D eigenvalue weighted by Crippen LogP contribution is 2.25. The summed E-state index contributed by atoms with van der Waals surface area (Å²) in [7, 11) is 0. The first-order valence-electron chi connectivity index (χ1n) is 9.17. The molecule has 1 aromatic heterocycles. The van der Waals surface area contributed by atoms with Crippen LogP contribution >= 0.6 is 11.6 Å². The number of nitrogens with one attached hydrogen (secondary N) is 2. The lowest BCUT2D eigenvalue weighted by atomic mass is 10.0. The third-order valence-corrected chi connectivity index (χ3v) is 4.59. The predicted molar refractivity (Wildman–Crippen MR) is 112 cm³/mol. The van der Waals surface area contributed by atoms with Gasteiger partial charge in [-0.25, -0.2) is 4.98 Å². The number of rotatable bonds is 6. The molecular formula is C22H22ClN3O2. The van der Waals surface area contributed by atoms with Crippen LogP contribution in [0.3, 0.4) is 0 Å². The second kappa shape index (κ2) is 8.85. The van der Waals surface area contributed by atoms with Crippen molar-refractivity contribution >= 4 is 34.3 Å². The molecule has 2 N–H and O–H groups in total. The number of para-hydroxylation sites is 1. The Kier molecular flexibility index (Phi) is 6.26. The normalized spacial score (nSPS) is 10.9. The summed E-state index contributed by atoms with van der Waals surface area (Å²) in [4.78, 5) is 29.1. The molecule has 0 atom stereocenters. The van der Waals surface area contributed by atoms with Crippen molar-refractivity contribution in [3.8, 4) is 11.3 Å². The van der Waals surface area contributed by atoms with Gasteiger partial charge in [-0.1, -0.05) is 55.8 Å². The highest BCUT2D eigenvalue weighted by molar-refractivity contribution is 6.30. The maximum atomic E-state index is 12.8. The van der Waals surface area contributed by atoms with Gasteiger partial charge in [0.15, 0.2) is 0 Å². The molecule has 0 radical (unpaired) electrons. The highest BCUT2D eigenvalue weighted by atomic mass is 35.5. The number of carbonyl (C=O) groups is 2. The number of aromatic nitrogens is 1. The Morgan fingerprint density at radius 2 is 1.68 bits per heavy atom. The van der Waals surface area contributed by atoms with Gasteiger partial charge in [0, 0.05) is 35.0 Å². The van der Waals surface area contributed by atoms with Crippen molar-refractivity contribution in [2.45, 2.75) is 13.8 Å². The number of pyridine rings is 1. The third kappa shape index (κ3) is 4.67. The standard InChI is InChI=1S/C22H22ClN3O2/c1-14(2)21(27)24-11-12-25-22(28)18-13-20(15-7-9-16(23)10-8-15)26-19-6-4-3-5-17(18)19/h3-10,13-14H,11-12H2,1-2H3,(H,24,27)(H,25,28). The second-order valence-corrected chi connectivity index (χ2v) is 7.22. The number of fused-ring (bicyclic) bond motifs is 1. The minimum absolute atomic E-state index is 0.0337. The molecule has 6 heteroatoms. The molecule has 0 saturated heterocycles. The van der Waals surface area contributed by atoms with Gasteiger partial charge in [0.1, 0.15) is 0 Å². The van der Waals surface area contributed by atoms with E-state index in [2.05, 4.69) is 15.6 Å². The number of carbonyl (C=O) groups excluding carboxylic acids is 2. The van der Waals surface area contributed by atoms with Gasteiger partial charge in [-0.3, -0.25) is 9.59 Å². The van der Waals surface area contributed by atoms with E-state index in [4.69, 9.17) is 11.6 Å². The van der Waals surface area contributed by atoms with Crippen LogP contribution in [0.25, 0.3) is 22.2 Å². The average molecular weight is 396 g/mol. The number of nitrogens with zero attached hydrogens (tertiary/aromatic N) is 1. The van der Waals surface area contributed by atoms with E-state index in [1.165, 1.54) is 0 Å². The lowest BCUT2D eigenvalue weighted by Crippen LogP contribution is -2.36. The third-order valence-electron chi connectivity index (χ3n) is 4.33. The fraction of sp³-hybridized carbons (Fsp3) is 0.227. The fourth-order valence-corrected chi connectivity index (χ4v) is 2.92. The van der Waals surface area contributed by atoms with Crippen LogP contribution in [0.2, 0.25) is 5.02 Å². The molecule has 0 bridgehead atoms. The monoisotopic (exact) mass is 395 g/mol. The van der Waals surface area contributed by atoms with Gasteiger partial charge in [0.2, 0.25) is 5.91 Å². The highest BCUT2D eigenvalue weighted by Gasteiger charge is 2.14. The van der Waals surface area contributed by atoms with Crippen molar-refractivity contribution in [1.82, 2.24) is 15.6 Å². The summed E-state index contributed by atoms with van der Waals surface area (Å²) in [6.07, 6.45) is 0. The number of halogens is 1. The van der Waals surface area contributed by atoms with Crippen molar-refractivity contribution in [2.24, 2.45) is 5.92 Å². The van der Waals surface area contributed by atoms with E-state index >= 15 is 0 Å². The lowest BCUT2D eigenvalue weighted by molar-refractivity contribution is -0.123. The molecular weight excluding hydrogens is 374 g/mol. The molecule has 0 aliphatic carbocycles. The summed E-state index contributed by atoms with van der Waals surface area (Å²) >= 11 is 5.97. The van der Waals surface area contributed by atoms with Gasteiger partial charge < -0.3 is 10.6 Å². The Hall–Kier alpha value is -2.92. The van der Waals surface area contributed by atoms with Crippen molar-refractivity contribution < 1.29 is 9.59 Å². The minimum Gasteiger partial charge on any atom is -0.354 e. The van der Waals surface area contributed by atoms with E-state index in [-0.39, 0.29) is 17.7 Å². The smallest absolute Gasteiger partial charge is 0.252 e. The summed E-state index contributed by atoms with van der Waals surface area (Å²) in [6, 6.07) is 16.7. The van der Waals surface area contributed by atoms with Gasteiger partial charge in [-0.15, -0.1) is 0 Å². The van der Waals surface area contributed by atoms with Crippen molar-refractivity contribution in [3.05, 3.63) is 65.2 Å². The van der Waals surface area contributed by atoms with Crippen LogP contribution in [-0.2, 0) is 4.79 Å². The quantitative estimate of drug-likeness (QED) is 0.618. The van der Waals surface area contributed by atoms with Gasteiger partial charge in [-0.05, 0) is 24.3 Å². The Bertz CT molecular complexity index is 1000. The van der Waals surface area contributed by atoms with E-state index in [0.29, 0.717) is 29.4 Å². The van der Waals surface area contributed by atoms with Gasteiger partial charge in [0.25, 0.3) is 5.91 Å². The first-order chi connectivity index (χ1) is 13.5. The zero-order valence-corrected chi connectivity index (χ0v) is 16.6. The molecule has 5 nitrogen and oxygen atoms in total. The minimum atomic E-state index is -0.201. The van der Waals surface area contributed by atoms with Crippen LogP contribution < -0.4 is 10.6 Å². The lowest BCUT2D eigenvalue weighted by Gasteiger charge is -2.12. The van der Waals surface area contributed by atoms with Crippen molar-refractivity contribution in [3.63, 3.8) is 0 Å². The van der Waals surface area contributed by atoms with Crippen LogP contribution in [0.5, 0.6) is 0 Å². The summed E-state index contributed by atoms with van der Waals surface area (Å²) in [6.45, 7) is 4.39. The van der Waals surface area contributed by atoms with Crippen LogP contribution in [0.1, 0.15) is 24.2 Å². The van der Waals surface area contributed by atoms with Gasteiger partial charge >= 0.3 is 0 Å². The maximum Gasteiger partial charge on any atom is 0.252 e. The molecule has 3 aromatic rings. The van der Waals surface area contributed by atoms with E-state index < -0.39 is 0 Å². The second-order valence-electron chi connectivity index (χ2n) is 6.78. The topological polar surface area (TPSA) is 71.1 Å². The molecule has 0 fully saturated rings. The zero-order chi connectivity index (χ0) is 20.1. The predicted octanol–water partition coefficient (Wildman–Crippen LogP) is 4.06. The van der Waals surface area contributed by atoms with Crippen LogP contribution in [0, 0.1) is 5.92 Å². The molecule has 28 heavy (non-hydrogen) atoms. The van der Waals surface area contributed by atoms with E-state index in [1.54, 1.807) is 18.2 Å². The van der Waals surface area contributed by atoms with Gasteiger partial charge in [0.05, 0.1) is 16.8 Å². The molecule has 2 aromatic carbocycles. The first kappa shape index (κ1) is 19.8. The Balaban J connectivity index is 1.83. The van der Waals surface area contributed by atoms with E-state index in [0.717, 1.165) is 16.5 Å². The average Bonchev–Trinajstić information content (AvgIpc) is 2.70. The molecule has 0 aliphatic rings. The molecule has 0 unspecified atom stereocenters. The largest absolute Gasteiger partial charge is 0.354 e. The van der Waals surface area contributed by atoms with Crippen molar-refractivity contribution in [2.75, 3.05) is 13.1 Å². The summed E-state index contributed by atoms with van der Waals surface area (Å²) < 4.78 is 0. The molecule has 0 aliphatic heterocycles. The fourth-order valence-electron chi connectivity index (χ4n) is 2.79. The Morgan fingerprint density at radius 1 is 1.00 bits per heavy atom. The summed E-state index contributed by atoms with van der Waals surface area (Å²) in [5.74, 6) is -0.317. The number of hydrogen-bond acceptors (Lipinski definition) is 3. The van der Waals surface area contributed by atoms with E-state index in [1.807, 2.05) is 50.2 Å².